The molecule has 1 saturated heterocycles. The molecule has 1 heterocycles. The van der Waals surface area contributed by atoms with E-state index in [2.05, 4.69) is 0 Å². The molecule has 0 spiro atoms. The number of carboxylic acid groups (broad SMARTS) is 1. The molecule has 0 radical (unpaired) electrons. The van der Waals surface area contributed by atoms with Gasteiger partial charge in [-0.05, 0) is 24.3 Å². The number of likely N-dealkylation sites (tertiary alicyclic amines) is 1. The summed E-state index contributed by atoms with van der Waals surface area (Å²) in [5, 5.41) is 8.59. The molecule has 0 aliphatic carbocycles. The Hall–Kier alpha value is -2.57. The quantitative estimate of drug-likeness (QED) is 0.667. The number of carboxylic acids is 1. The topological polar surface area (TPSA) is 74.7 Å². The van der Waals surface area contributed by atoms with Crippen molar-refractivity contribution in [2.45, 2.75) is 6.42 Å². The minimum Gasteiger partial charge on any atom is -0.480 e. The van der Waals surface area contributed by atoms with E-state index in [1.165, 1.54) is 0 Å². The minimum absolute atomic E-state index is 0.0687. The van der Waals surface area contributed by atoms with E-state index >= 15 is 0 Å². The van der Waals surface area contributed by atoms with Crippen LogP contribution >= 0.6 is 0 Å². The van der Waals surface area contributed by atoms with E-state index in [1.54, 1.807) is 0 Å². The molecule has 7 heteroatoms. The Morgan fingerprint density at radius 3 is 2.70 bits per heavy atom. The van der Waals surface area contributed by atoms with Crippen LogP contribution in [0.3, 0.4) is 0 Å². The lowest BCUT2D eigenvalue weighted by molar-refractivity contribution is -0.148. The smallest absolute Gasteiger partial charge is 0.323 e. The van der Waals surface area contributed by atoms with Crippen molar-refractivity contribution in [1.29, 1.82) is 0 Å². The third-order valence-corrected chi connectivity index (χ3v) is 2.74. The number of amides is 2. The Balaban J connectivity index is 2.32. The van der Waals surface area contributed by atoms with Crippen molar-refractivity contribution < 1.29 is 28.3 Å². The first-order valence-electron chi connectivity index (χ1n) is 5.60. The second-order valence-corrected chi connectivity index (χ2v) is 4.19. The molecule has 104 valence electrons. The van der Waals surface area contributed by atoms with Crippen LogP contribution in [0, 0.1) is 11.6 Å². The van der Waals surface area contributed by atoms with Gasteiger partial charge in [0.25, 0.3) is 5.91 Å². The average Bonchev–Trinajstić information content (AvgIpc) is 2.61. The largest absolute Gasteiger partial charge is 0.480 e. The number of carbonyl (C=O) groups is 3. The minimum atomic E-state index is -1.33. The van der Waals surface area contributed by atoms with Crippen molar-refractivity contribution >= 4 is 23.9 Å². The Kier molecular flexibility index (Phi) is 3.60. The van der Waals surface area contributed by atoms with Crippen molar-refractivity contribution in [3.8, 4) is 0 Å². The lowest BCUT2D eigenvalue weighted by Gasteiger charge is -2.09. The Morgan fingerprint density at radius 2 is 2.05 bits per heavy atom. The van der Waals surface area contributed by atoms with E-state index in [1.807, 2.05) is 0 Å². The van der Waals surface area contributed by atoms with Crippen molar-refractivity contribution in [2.24, 2.45) is 0 Å². The third kappa shape index (κ3) is 2.71. The summed E-state index contributed by atoms with van der Waals surface area (Å²) in [6.45, 7) is -0.749. The van der Waals surface area contributed by atoms with Gasteiger partial charge in [-0.2, -0.15) is 0 Å². The second-order valence-electron chi connectivity index (χ2n) is 4.19. The first-order valence-corrected chi connectivity index (χ1v) is 5.60. The number of halogens is 2. The highest BCUT2D eigenvalue weighted by Crippen LogP contribution is 2.22. The van der Waals surface area contributed by atoms with Crippen molar-refractivity contribution in [1.82, 2.24) is 4.90 Å². The third-order valence-electron chi connectivity index (χ3n) is 2.74. The standard InChI is InChI=1S/C13H9F2NO4/c14-9-1-2-10(15)7(4-9)3-8-5-11(17)16(13(8)20)6-12(18)19/h1-4H,5-6H2,(H,18,19)/b8-3+. The number of hydrogen-bond donors (Lipinski definition) is 1. The van der Waals surface area contributed by atoms with Gasteiger partial charge in [-0.3, -0.25) is 19.3 Å². The summed E-state index contributed by atoms with van der Waals surface area (Å²) >= 11 is 0. The van der Waals surface area contributed by atoms with Crippen LogP contribution in [0.25, 0.3) is 6.08 Å². The molecule has 1 aromatic carbocycles. The maximum atomic E-state index is 13.4. The molecule has 20 heavy (non-hydrogen) atoms. The van der Waals surface area contributed by atoms with E-state index in [-0.39, 0.29) is 17.6 Å². The van der Waals surface area contributed by atoms with Gasteiger partial charge in [0.05, 0.1) is 6.42 Å². The molecule has 2 amide bonds. The molecule has 5 nitrogen and oxygen atoms in total. The van der Waals surface area contributed by atoms with E-state index in [0.29, 0.717) is 4.90 Å². The predicted octanol–water partition coefficient (Wildman–Crippen LogP) is 1.19. The molecule has 1 aromatic rings. The van der Waals surface area contributed by atoms with E-state index in [9.17, 15) is 23.2 Å². The highest BCUT2D eigenvalue weighted by molar-refractivity contribution is 6.16. The molecule has 0 aromatic heterocycles. The predicted molar refractivity (Wildman–Crippen MR) is 63.3 cm³/mol. The molecule has 1 fully saturated rings. The van der Waals surface area contributed by atoms with E-state index < -0.39 is 36.0 Å². The van der Waals surface area contributed by atoms with Gasteiger partial charge in [0.15, 0.2) is 0 Å². The zero-order valence-electron chi connectivity index (χ0n) is 10.1. The Morgan fingerprint density at radius 1 is 1.35 bits per heavy atom. The van der Waals surface area contributed by atoms with Crippen LogP contribution in [0.15, 0.2) is 23.8 Å². The number of rotatable bonds is 3. The first-order chi connectivity index (χ1) is 9.38. The lowest BCUT2D eigenvalue weighted by Crippen LogP contribution is -2.34. The van der Waals surface area contributed by atoms with Crippen LogP contribution in [0.1, 0.15) is 12.0 Å². The molecule has 1 N–H and O–H groups in total. The van der Waals surface area contributed by atoms with Crippen molar-refractivity contribution in [3.63, 3.8) is 0 Å². The van der Waals surface area contributed by atoms with Gasteiger partial charge in [-0.25, -0.2) is 8.78 Å². The normalized spacial score (nSPS) is 17.1. The van der Waals surface area contributed by atoms with Gasteiger partial charge in [0.2, 0.25) is 5.91 Å². The van der Waals surface area contributed by atoms with Gasteiger partial charge >= 0.3 is 5.97 Å². The highest BCUT2D eigenvalue weighted by atomic mass is 19.1. The molecule has 0 bridgehead atoms. The first kappa shape index (κ1) is 13.9. The Bertz CT molecular complexity index is 639. The zero-order chi connectivity index (χ0) is 14.9. The molecule has 0 unspecified atom stereocenters. The fraction of sp³-hybridized carbons (Fsp3) is 0.154. The maximum absolute atomic E-state index is 13.4. The summed E-state index contributed by atoms with van der Waals surface area (Å²) < 4.78 is 26.4. The molecular formula is C13H9F2NO4. The maximum Gasteiger partial charge on any atom is 0.323 e. The average molecular weight is 281 g/mol. The number of carbonyl (C=O) groups excluding carboxylic acids is 2. The van der Waals surface area contributed by atoms with E-state index in [4.69, 9.17) is 5.11 Å². The highest BCUT2D eigenvalue weighted by Gasteiger charge is 2.35. The molecule has 2 rings (SSSR count). The summed E-state index contributed by atoms with van der Waals surface area (Å²) in [5.41, 5.74) is -0.237. The summed E-state index contributed by atoms with van der Waals surface area (Å²) in [7, 11) is 0. The van der Waals surface area contributed by atoms with Crippen molar-refractivity contribution in [2.75, 3.05) is 6.54 Å². The SMILES string of the molecule is O=C(O)CN1C(=O)C/C(=C\c2cc(F)ccc2F)C1=O. The fourth-order valence-electron chi connectivity index (χ4n) is 1.84. The number of benzene rings is 1. The Labute approximate surface area is 112 Å². The molecular weight excluding hydrogens is 272 g/mol. The summed E-state index contributed by atoms with van der Waals surface area (Å²) in [4.78, 5) is 34.4. The zero-order valence-corrected chi connectivity index (χ0v) is 10.1. The van der Waals surface area contributed by atoms with Crippen LogP contribution < -0.4 is 0 Å². The van der Waals surface area contributed by atoms with Crippen molar-refractivity contribution in [3.05, 3.63) is 41.0 Å². The van der Waals surface area contributed by atoms with Crippen LogP contribution in [0.2, 0.25) is 0 Å². The van der Waals surface area contributed by atoms with Gasteiger partial charge in [-0.1, -0.05) is 0 Å². The van der Waals surface area contributed by atoms with Crippen LogP contribution in [-0.2, 0) is 14.4 Å². The molecule has 1 aliphatic heterocycles. The fourth-order valence-corrected chi connectivity index (χ4v) is 1.84. The number of nitrogens with zero attached hydrogens (tertiary/aromatic N) is 1. The summed E-state index contributed by atoms with van der Waals surface area (Å²) in [6, 6.07) is 2.72. The van der Waals surface area contributed by atoms with Gasteiger partial charge in [0.1, 0.15) is 18.2 Å². The monoisotopic (exact) mass is 281 g/mol. The lowest BCUT2D eigenvalue weighted by atomic mass is 10.1. The number of imide groups is 1. The van der Waals surface area contributed by atoms with Gasteiger partial charge in [0, 0.05) is 11.1 Å². The number of hydrogen-bond acceptors (Lipinski definition) is 3. The van der Waals surface area contributed by atoms with Crippen LogP contribution in [0.5, 0.6) is 0 Å². The molecule has 1 aliphatic rings. The molecule has 0 saturated carbocycles. The van der Waals surface area contributed by atoms with E-state index in [0.717, 1.165) is 24.3 Å². The second kappa shape index (κ2) is 5.20. The molecule has 0 atom stereocenters. The number of aliphatic carboxylic acids is 1. The summed E-state index contributed by atoms with van der Waals surface area (Å²) in [5.74, 6) is -4.24. The van der Waals surface area contributed by atoms with Crippen LogP contribution in [-0.4, -0.2) is 34.3 Å². The summed E-state index contributed by atoms with van der Waals surface area (Å²) in [6.07, 6.45) is 0.725. The van der Waals surface area contributed by atoms with Gasteiger partial charge < -0.3 is 5.11 Å². The van der Waals surface area contributed by atoms with Gasteiger partial charge in [-0.15, -0.1) is 0 Å². The van der Waals surface area contributed by atoms with Crippen LogP contribution in [0.4, 0.5) is 8.78 Å².